The fraction of sp³-hybridized carbons (Fsp3) is 0.188. The third-order valence-corrected chi connectivity index (χ3v) is 3.25. The van der Waals surface area contributed by atoms with E-state index in [2.05, 4.69) is 46.5 Å². The van der Waals surface area contributed by atoms with Crippen LogP contribution in [0.2, 0.25) is 0 Å². The minimum atomic E-state index is -0.0799. The normalized spacial score (nSPS) is 13.1. The molecule has 0 spiro atoms. The van der Waals surface area contributed by atoms with Gasteiger partial charge in [-0.3, -0.25) is 4.99 Å². The summed E-state index contributed by atoms with van der Waals surface area (Å²) in [6, 6.07) is 16.2. The van der Waals surface area contributed by atoms with Gasteiger partial charge >= 0.3 is 0 Å². The Balaban J connectivity index is 1.85. The number of aromatic nitrogens is 3. The third kappa shape index (κ3) is 2.45. The van der Waals surface area contributed by atoms with Crippen LogP contribution in [0.5, 0.6) is 0 Å². The van der Waals surface area contributed by atoms with E-state index in [1.807, 2.05) is 42.1 Å². The average molecular weight is 264 g/mol. The summed E-state index contributed by atoms with van der Waals surface area (Å²) < 4.78 is 1.83. The summed E-state index contributed by atoms with van der Waals surface area (Å²) in [5, 5.41) is 8.32. The number of para-hydroxylation sites is 1. The standard InChI is InChI=1S/C16H16N4/c1-12-7-9-14(10-8-12)11-17-13(2)20-16-6-4-3-5-15(16)18-19-20/h3-11,13H,1-2H3/b17-11+. The first-order valence-corrected chi connectivity index (χ1v) is 6.64. The molecule has 0 N–H and O–H groups in total. The first-order chi connectivity index (χ1) is 9.74. The van der Waals surface area contributed by atoms with Gasteiger partial charge in [0.25, 0.3) is 0 Å². The lowest BCUT2D eigenvalue weighted by atomic mass is 10.2. The Bertz CT molecular complexity index is 741. The van der Waals surface area contributed by atoms with Gasteiger partial charge in [0.05, 0.1) is 5.52 Å². The van der Waals surface area contributed by atoms with Crippen LogP contribution in [0.25, 0.3) is 11.0 Å². The highest BCUT2D eigenvalue weighted by atomic mass is 15.5. The predicted octanol–water partition coefficient (Wildman–Crippen LogP) is 3.38. The molecule has 0 saturated carbocycles. The lowest BCUT2D eigenvalue weighted by molar-refractivity contribution is 0.512. The van der Waals surface area contributed by atoms with Crippen molar-refractivity contribution in [3.8, 4) is 0 Å². The molecule has 0 bridgehead atoms. The van der Waals surface area contributed by atoms with E-state index in [1.165, 1.54) is 5.56 Å². The van der Waals surface area contributed by atoms with Crippen LogP contribution in [0, 0.1) is 6.92 Å². The topological polar surface area (TPSA) is 43.1 Å². The van der Waals surface area contributed by atoms with Gasteiger partial charge in [-0.1, -0.05) is 47.2 Å². The van der Waals surface area contributed by atoms with E-state index < -0.39 is 0 Å². The Hall–Kier alpha value is -2.49. The van der Waals surface area contributed by atoms with E-state index >= 15 is 0 Å². The van der Waals surface area contributed by atoms with Crippen LogP contribution in [0.1, 0.15) is 24.2 Å². The van der Waals surface area contributed by atoms with E-state index in [1.54, 1.807) is 0 Å². The van der Waals surface area contributed by atoms with Crippen molar-refractivity contribution >= 4 is 17.2 Å². The molecule has 0 radical (unpaired) electrons. The summed E-state index contributed by atoms with van der Waals surface area (Å²) in [6.07, 6.45) is 1.80. The van der Waals surface area contributed by atoms with E-state index in [-0.39, 0.29) is 6.17 Å². The highest BCUT2D eigenvalue weighted by Crippen LogP contribution is 2.15. The van der Waals surface area contributed by atoms with Crippen LogP contribution in [0.15, 0.2) is 53.5 Å². The molecule has 3 aromatic rings. The monoisotopic (exact) mass is 264 g/mol. The highest BCUT2D eigenvalue weighted by molar-refractivity contribution is 5.80. The lowest BCUT2D eigenvalue weighted by Gasteiger charge is -2.06. The molecule has 0 fully saturated rings. The number of nitrogens with zero attached hydrogens (tertiary/aromatic N) is 4. The number of hydrogen-bond acceptors (Lipinski definition) is 3. The van der Waals surface area contributed by atoms with E-state index in [0.717, 1.165) is 16.6 Å². The number of aliphatic imine (C=N–C) groups is 1. The molecule has 0 aliphatic carbocycles. The van der Waals surface area contributed by atoms with Crippen molar-refractivity contribution in [1.82, 2.24) is 15.0 Å². The Morgan fingerprint density at radius 2 is 1.85 bits per heavy atom. The molecule has 0 aliphatic rings. The van der Waals surface area contributed by atoms with E-state index in [0.29, 0.717) is 0 Å². The number of fused-ring (bicyclic) bond motifs is 1. The molecular weight excluding hydrogens is 248 g/mol. The summed E-state index contributed by atoms with van der Waals surface area (Å²) in [6.45, 7) is 4.08. The first kappa shape index (κ1) is 12.5. The van der Waals surface area contributed by atoms with Crippen molar-refractivity contribution in [3.63, 3.8) is 0 Å². The van der Waals surface area contributed by atoms with Gasteiger partial charge in [-0.25, -0.2) is 4.68 Å². The van der Waals surface area contributed by atoms with Crippen LogP contribution in [0.3, 0.4) is 0 Å². The Labute approximate surface area is 117 Å². The molecular formula is C16H16N4. The smallest absolute Gasteiger partial charge is 0.141 e. The van der Waals surface area contributed by atoms with Gasteiger partial charge in [0.2, 0.25) is 0 Å². The zero-order valence-corrected chi connectivity index (χ0v) is 11.6. The van der Waals surface area contributed by atoms with Crippen molar-refractivity contribution in [2.24, 2.45) is 4.99 Å². The second kappa shape index (κ2) is 5.25. The van der Waals surface area contributed by atoms with Gasteiger partial charge in [0.15, 0.2) is 0 Å². The van der Waals surface area contributed by atoms with E-state index in [9.17, 15) is 0 Å². The molecule has 2 aromatic carbocycles. The molecule has 100 valence electrons. The number of aryl methyl sites for hydroxylation is 1. The minimum Gasteiger partial charge on any atom is -0.266 e. The zero-order valence-electron chi connectivity index (χ0n) is 11.6. The summed E-state index contributed by atoms with van der Waals surface area (Å²) in [7, 11) is 0. The molecule has 1 aromatic heterocycles. The average Bonchev–Trinajstić information content (AvgIpc) is 2.90. The molecule has 1 atom stereocenters. The molecule has 4 nitrogen and oxygen atoms in total. The summed E-state index contributed by atoms with van der Waals surface area (Å²) in [5.74, 6) is 0. The minimum absolute atomic E-state index is 0.0799. The maximum absolute atomic E-state index is 4.55. The maximum atomic E-state index is 4.55. The lowest BCUT2D eigenvalue weighted by Crippen LogP contribution is -2.05. The SMILES string of the molecule is Cc1ccc(/C=N/C(C)n2nnc3ccccc32)cc1. The molecule has 3 rings (SSSR count). The maximum Gasteiger partial charge on any atom is 0.141 e. The zero-order chi connectivity index (χ0) is 13.9. The van der Waals surface area contributed by atoms with Crippen molar-refractivity contribution in [2.75, 3.05) is 0 Å². The van der Waals surface area contributed by atoms with Gasteiger partial charge in [-0.2, -0.15) is 0 Å². The Morgan fingerprint density at radius 3 is 2.65 bits per heavy atom. The summed E-state index contributed by atoms with van der Waals surface area (Å²) in [4.78, 5) is 4.55. The van der Waals surface area contributed by atoms with Crippen LogP contribution >= 0.6 is 0 Å². The van der Waals surface area contributed by atoms with Crippen LogP contribution < -0.4 is 0 Å². The number of benzene rings is 2. The number of hydrogen-bond donors (Lipinski definition) is 0. The molecule has 0 aliphatic heterocycles. The van der Waals surface area contributed by atoms with Crippen molar-refractivity contribution in [1.29, 1.82) is 0 Å². The molecule has 0 saturated heterocycles. The van der Waals surface area contributed by atoms with Gasteiger partial charge in [-0.15, -0.1) is 5.10 Å². The quantitative estimate of drug-likeness (QED) is 0.681. The van der Waals surface area contributed by atoms with Crippen molar-refractivity contribution in [2.45, 2.75) is 20.0 Å². The van der Waals surface area contributed by atoms with Crippen LogP contribution in [0.4, 0.5) is 0 Å². The fourth-order valence-corrected chi connectivity index (χ4v) is 2.07. The van der Waals surface area contributed by atoms with Crippen molar-refractivity contribution < 1.29 is 0 Å². The molecule has 20 heavy (non-hydrogen) atoms. The summed E-state index contributed by atoms with van der Waals surface area (Å²) in [5.41, 5.74) is 4.23. The molecule has 0 amide bonds. The van der Waals surface area contributed by atoms with Crippen molar-refractivity contribution in [3.05, 3.63) is 59.7 Å². The first-order valence-electron chi connectivity index (χ1n) is 6.64. The molecule has 4 heteroatoms. The van der Waals surface area contributed by atoms with Gasteiger partial charge in [-0.05, 0) is 31.5 Å². The Kier molecular flexibility index (Phi) is 3.29. The van der Waals surface area contributed by atoms with Gasteiger partial charge in [0, 0.05) is 6.21 Å². The molecule has 1 unspecified atom stereocenters. The summed E-state index contributed by atoms with van der Waals surface area (Å²) >= 11 is 0. The molecule has 1 heterocycles. The van der Waals surface area contributed by atoms with Gasteiger partial charge in [0.1, 0.15) is 11.7 Å². The fourth-order valence-electron chi connectivity index (χ4n) is 2.07. The third-order valence-electron chi connectivity index (χ3n) is 3.25. The van der Waals surface area contributed by atoms with Crippen LogP contribution in [-0.2, 0) is 0 Å². The second-order valence-corrected chi connectivity index (χ2v) is 4.84. The predicted molar refractivity (Wildman–Crippen MR) is 81.0 cm³/mol. The second-order valence-electron chi connectivity index (χ2n) is 4.84. The Morgan fingerprint density at radius 1 is 1.10 bits per heavy atom. The van der Waals surface area contributed by atoms with Gasteiger partial charge < -0.3 is 0 Å². The van der Waals surface area contributed by atoms with Crippen LogP contribution in [-0.4, -0.2) is 21.2 Å². The highest BCUT2D eigenvalue weighted by Gasteiger charge is 2.08. The largest absolute Gasteiger partial charge is 0.266 e. The number of rotatable bonds is 3. The van der Waals surface area contributed by atoms with E-state index in [4.69, 9.17) is 0 Å².